The quantitative estimate of drug-likeness (QED) is 0.896. The number of amides is 1. The number of aromatic nitrogens is 1. The van der Waals surface area contributed by atoms with Crippen LogP contribution in [0.3, 0.4) is 0 Å². The molecule has 3 heteroatoms. The maximum absolute atomic E-state index is 12.1. The van der Waals surface area contributed by atoms with Crippen LogP contribution in [0.2, 0.25) is 0 Å². The van der Waals surface area contributed by atoms with E-state index in [2.05, 4.69) is 10.3 Å². The van der Waals surface area contributed by atoms with Crippen molar-refractivity contribution in [2.24, 2.45) is 0 Å². The average molecular weight is 240 g/mol. The SMILES string of the molecule is CCNC(=O)c1cc(C)ccc1-c1cccnc1. The minimum Gasteiger partial charge on any atom is -0.352 e. The van der Waals surface area contributed by atoms with Gasteiger partial charge >= 0.3 is 0 Å². The standard InChI is InChI=1S/C15H16N2O/c1-3-17-15(18)14-9-11(2)6-7-13(14)12-5-4-8-16-10-12/h4-10H,3H2,1-2H3,(H,17,18). The first-order valence-corrected chi connectivity index (χ1v) is 6.01. The third-order valence-corrected chi connectivity index (χ3v) is 2.73. The van der Waals surface area contributed by atoms with E-state index in [-0.39, 0.29) is 5.91 Å². The molecule has 1 amide bonds. The van der Waals surface area contributed by atoms with Crippen molar-refractivity contribution in [2.45, 2.75) is 13.8 Å². The van der Waals surface area contributed by atoms with E-state index in [4.69, 9.17) is 0 Å². The number of benzene rings is 1. The topological polar surface area (TPSA) is 42.0 Å². The summed E-state index contributed by atoms with van der Waals surface area (Å²) < 4.78 is 0. The van der Waals surface area contributed by atoms with Crippen LogP contribution in [0.4, 0.5) is 0 Å². The predicted octanol–water partition coefficient (Wildman–Crippen LogP) is 2.81. The fourth-order valence-corrected chi connectivity index (χ4v) is 1.88. The number of pyridine rings is 1. The van der Waals surface area contributed by atoms with Crippen LogP contribution in [-0.4, -0.2) is 17.4 Å². The Kier molecular flexibility index (Phi) is 3.72. The first-order chi connectivity index (χ1) is 8.72. The average Bonchev–Trinajstić information content (AvgIpc) is 2.40. The zero-order valence-electron chi connectivity index (χ0n) is 10.6. The molecule has 1 aromatic heterocycles. The number of nitrogens with one attached hydrogen (secondary N) is 1. The lowest BCUT2D eigenvalue weighted by Crippen LogP contribution is -2.23. The van der Waals surface area contributed by atoms with Crippen LogP contribution in [0.1, 0.15) is 22.8 Å². The molecular weight excluding hydrogens is 224 g/mol. The number of hydrogen-bond acceptors (Lipinski definition) is 2. The van der Waals surface area contributed by atoms with E-state index < -0.39 is 0 Å². The molecule has 1 aromatic carbocycles. The van der Waals surface area contributed by atoms with E-state index in [1.54, 1.807) is 12.4 Å². The van der Waals surface area contributed by atoms with E-state index >= 15 is 0 Å². The number of hydrogen-bond donors (Lipinski definition) is 1. The van der Waals surface area contributed by atoms with E-state index in [0.29, 0.717) is 12.1 Å². The maximum Gasteiger partial charge on any atom is 0.251 e. The van der Waals surface area contributed by atoms with Gasteiger partial charge in [-0.3, -0.25) is 9.78 Å². The van der Waals surface area contributed by atoms with Gasteiger partial charge in [0, 0.05) is 30.1 Å². The Hall–Kier alpha value is -2.16. The van der Waals surface area contributed by atoms with E-state index in [0.717, 1.165) is 16.7 Å². The molecule has 0 spiro atoms. The van der Waals surface area contributed by atoms with Crippen molar-refractivity contribution in [1.29, 1.82) is 0 Å². The van der Waals surface area contributed by atoms with E-state index in [1.807, 2.05) is 44.2 Å². The van der Waals surface area contributed by atoms with Crippen molar-refractivity contribution < 1.29 is 4.79 Å². The first kappa shape index (κ1) is 12.3. The smallest absolute Gasteiger partial charge is 0.251 e. The molecule has 0 radical (unpaired) electrons. The summed E-state index contributed by atoms with van der Waals surface area (Å²) in [7, 11) is 0. The van der Waals surface area contributed by atoms with Gasteiger partial charge in [0.2, 0.25) is 0 Å². The molecule has 0 aliphatic heterocycles. The van der Waals surface area contributed by atoms with E-state index in [1.165, 1.54) is 0 Å². The minimum atomic E-state index is -0.0416. The molecule has 18 heavy (non-hydrogen) atoms. The molecule has 92 valence electrons. The Morgan fingerprint density at radius 3 is 2.83 bits per heavy atom. The molecule has 0 aliphatic rings. The number of nitrogens with zero attached hydrogens (tertiary/aromatic N) is 1. The lowest BCUT2D eigenvalue weighted by molar-refractivity contribution is 0.0956. The Bertz CT molecular complexity index is 550. The largest absolute Gasteiger partial charge is 0.352 e. The summed E-state index contributed by atoms with van der Waals surface area (Å²) in [4.78, 5) is 16.2. The number of rotatable bonds is 3. The van der Waals surface area contributed by atoms with Crippen molar-refractivity contribution in [2.75, 3.05) is 6.54 Å². The van der Waals surface area contributed by atoms with Gasteiger partial charge in [0.1, 0.15) is 0 Å². The lowest BCUT2D eigenvalue weighted by Gasteiger charge is -2.10. The van der Waals surface area contributed by atoms with Crippen molar-refractivity contribution in [3.8, 4) is 11.1 Å². The van der Waals surface area contributed by atoms with Gasteiger partial charge < -0.3 is 5.32 Å². The van der Waals surface area contributed by atoms with Gasteiger partial charge in [0.05, 0.1) is 0 Å². The molecule has 0 aliphatic carbocycles. The van der Waals surface area contributed by atoms with Gasteiger partial charge in [-0.05, 0) is 31.5 Å². The van der Waals surface area contributed by atoms with Gasteiger partial charge in [-0.2, -0.15) is 0 Å². The highest BCUT2D eigenvalue weighted by atomic mass is 16.1. The summed E-state index contributed by atoms with van der Waals surface area (Å²) in [5, 5.41) is 2.84. The number of carbonyl (C=O) groups excluding carboxylic acids is 1. The van der Waals surface area contributed by atoms with Crippen LogP contribution < -0.4 is 5.32 Å². The summed E-state index contributed by atoms with van der Waals surface area (Å²) in [6, 6.07) is 9.71. The Morgan fingerprint density at radius 1 is 1.33 bits per heavy atom. The van der Waals surface area contributed by atoms with Crippen LogP contribution in [0.25, 0.3) is 11.1 Å². The summed E-state index contributed by atoms with van der Waals surface area (Å²) in [5.74, 6) is -0.0416. The van der Waals surface area contributed by atoms with Gasteiger partial charge in [-0.1, -0.05) is 23.8 Å². The van der Waals surface area contributed by atoms with Crippen LogP contribution in [0.15, 0.2) is 42.7 Å². The Morgan fingerprint density at radius 2 is 2.17 bits per heavy atom. The molecule has 0 atom stereocenters. The molecule has 1 heterocycles. The molecule has 0 bridgehead atoms. The normalized spacial score (nSPS) is 10.1. The van der Waals surface area contributed by atoms with Gasteiger partial charge in [0.15, 0.2) is 0 Å². The summed E-state index contributed by atoms with van der Waals surface area (Å²) in [6.45, 7) is 4.52. The first-order valence-electron chi connectivity index (χ1n) is 6.01. The second-order valence-electron chi connectivity index (χ2n) is 4.15. The van der Waals surface area contributed by atoms with E-state index in [9.17, 15) is 4.79 Å². The van der Waals surface area contributed by atoms with Crippen molar-refractivity contribution >= 4 is 5.91 Å². The molecule has 3 nitrogen and oxygen atoms in total. The van der Waals surface area contributed by atoms with Crippen LogP contribution in [-0.2, 0) is 0 Å². The zero-order chi connectivity index (χ0) is 13.0. The van der Waals surface area contributed by atoms with Gasteiger partial charge in [-0.15, -0.1) is 0 Å². The fraction of sp³-hybridized carbons (Fsp3) is 0.200. The Labute approximate surface area is 107 Å². The highest BCUT2D eigenvalue weighted by Crippen LogP contribution is 2.23. The highest BCUT2D eigenvalue weighted by molar-refractivity contribution is 6.01. The molecule has 0 saturated heterocycles. The fourth-order valence-electron chi connectivity index (χ4n) is 1.88. The molecule has 0 fully saturated rings. The van der Waals surface area contributed by atoms with Crippen molar-refractivity contribution in [3.05, 3.63) is 53.9 Å². The molecule has 2 aromatic rings. The van der Waals surface area contributed by atoms with Crippen molar-refractivity contribution in [1.82, 2.24) is 10.3 Å². The number of carbonyl (C=O) groups is 1. The maximum atomic E-state index is 12.1. The minimum absolute atomic E-state index is 0.0416. The van der Waals surface area contributed by atoms with Crippen LogP contribution in [0.5, 0.6) is 0 Å². The number of aryl methyl sites for hydroxylation is 1. The lowest BCUT2D eigenvalue weighted by atomic mass is 9.98. The summed E-state index contributed by atoms with van der Waals surface area (Å²) in [6.07, 6.45) is 3.50. The summed E-state index contributed by atoms with van der Waals surface area (Å²) >= 11 is 0. The molecule has 2 rings (SSSR count). The molecule has 0 unspecified atom stereocenters. The molecule has 0 saturated carbocycles. The van der Waals surface area contributed by atoms with Crippen LogP contribution >= 0.6 is 0 Å². The predicted molar refractivity (Wildman–Crippen MR) is 72.4 cm³/mol. The monoisotopic (exact) mass is 240 g/mol. The zero-order valence-corrected chi connectivity index (χ0v) is 10.6. The highest BCUT2D eigenvalue weighted by Gasteiger charge is 2.12. The third kappa shape index (κ3) is 2.56. The van der Waals surface area contributed by atoms with Crippen molar-refractivity contribution in [3.63, 3.8) is 0 Å². The molecular formula is C15H16N2O. The second kappa shape index (κ2) is 5.45. The summed E-state index contributed by atoms with van der Waals surface area (Å²) in [5.41, 5.74) is 3.65. The third-order valence-electron chi connectivity index (χ3n) is 2.73. The van der Waals surface area contributed by atoms with Crippen LogP contribution in [0, 0.1) is 6.92 Å². The molecule has 1 N–H and O–H groups in total. The van der Waals surface area contributed by atoms with Gasteiger partial charge in [-0.25, -0.2) is 0 Å². The Balaban J connectivity index is 2.51. The second-order valence-corrected chi connectivity index (χ2v) is 4.15. The van der Waals surface area contributed by atoms with Gasteiger partial charge in [0.25, 0.3) is 5.91 Å².